The highest BCUT2D eigenvalue weighted by molar-refractivity contribution is 5.92. The Hall–Kier alpha value is -3.79. The fourth-order valence-electron chi connectivity index (χ4n) is 9.57. The van der Waals surface area contributed by atoms with Crippen molar-refractivity contribution in [1.82, 2.24) is 10.3 Å². The number of rotatable bonds is 10. The van der Waals surface area contributed by atoms with Crippen molar-refractivity contribution in [3.8, 4) is 0 Å². The van der Waals surface area contributed by atoms with Crippen molar-refractivity contribution in [3.63, 3.8) is 0 Å². The smallest absolute Gasteiger partial charge is 0.326 e. The van der Waals surface area contributed by atoms with Crippen molar-refractivity contribution in [2.24, 2.45) is 28.6 Å². The van der Waals surface area contributed by atoms with Crippen LogP contribution in [0.1, 0.15) is 83.6 Å². The monoisotopic (exact) mass is 632 g/mol. The summed E-state index contributed by atoms with van der Waals surface area (Å²) in [6.07, 6.45) is 8.92. The molecule has 7 atom stereocenters. The summed E-state index contributed by atoms with van der Waals surface area (Å²) in [5.74, 6) is -1.90. The Balaban J connectivity index is 1.01. The first-order valence-corrected chi connectivity index (χ1v) is 16.6. The van der Waals surface area contributed by atoms with E-state index in [1.807, 2.05) is 37.3 Å². The van der Waals surface area contributed by atoms with E-state index in [0.29, 0.717) is 31.1 Å². The molecule has 1 aromatic carbocycles. The van der Waals surface area contributed by atoms with Gasteiger partial charge < -0.3 is 25.3 Å². The second-order valence-corrected chi connectivity index (χ2v) is 14.4. The number of allylic oxidation sites excluding steroid dienone is 1. The Kier molecular flexibility index (Phi) is 8.46. The second kappa shape index (κ2) is 12.1. The number of carbonyl (C=O) groups excluding carboxylic acids is 4. The Morgan fingerprint density at radius 2 is 1.78 bits per heavy atom. The molecule has 4 N–H and O–H groups in total. The van der Waals surface area contributed by atoms with Crippen molar-refractivity contribution in [2.75, 3.05) is 6.61 Å². The van der Waals surface area contributed by atoms with Gasteiger partial charge in [0.1, 0.15) is 11.6 Å². The molecular formula is C36H44N2O8. The number of aromatic nitrogens is 1. The molecule has 1 aromatic heterocycles. The number of carboxylic acids is 1. The van der Waals surface area contributed by atoms with E-state index in [0.717, 1.165) is 48.6 Å². The van der Waals surface area contributed by atoms with E-state index in [2.05, 4.69) is 17.2 Å². The van der Waals surface area contributed by atoms with Gasteiger partial charge >= 0.3 is 11.9 Å². The molecule has 10 nitrogen and oxygen atoms in total. The highest BCUT2D eigenvalue weighted by Gasteiger charge is 2.66. The van der Waals surface area contributed by atoms with Gasteiger partial charge in [-0.3, -0.25) is 19.2 Å². The average molecular weight is 633 g/mol. The Labute approximate surface area is 268 Å². The fraction of sp³-hybridized carbons (Fsp3) is 0.583. The van der Waals surface area contributed by atoms with E-state index in [-0.39, 0.29) is 36.4 Å². The van der Waals surface area contributed by atoms with Crippen LogP contribution in [0.25, 0.3) is 10.9 Å². The van der Waals surface area contributed by atoms with Gasteiger partial charge in [-0.1, -0.05) is 37.6 Å². The maximum Gasteiger partial charge on any atom is 0.326 e. The van der Waals surface area contributed by atoms with Gasteiger partial charge in [-0.15, -0.1) is 0 Å². The van der Waals surface area contributed by atoms with Crippen molar-refractivity contribution in [1.29, 1.82) is 0 Å². The summed E-state index contributed by atoms with van der Waals surface area (Å²) in [7, 11) is 0. The van der Waals surface area contributed by atoms with E-state index in [4.69, 9.17) is 4.74 Å². The minimum atomic E-state index is -1.60. The fourth-order valence-corrected chi connectivity index (χ4v) is 9.57. The average Bonchev–Trinajstić information content (AvgIpc) is 3.56. The van der Waals surface area contributed by atoms with Gasteiger partial charge in [-0.25, -0.2) is 4.79 Å². The molecule has 0 saturated heterocycles. The first-order chi connectivity index (χ1) is 21.9. The highest BCUT2D eigenvalue weighted by Crippen LogP contribution is 2.67. The number of aliphatic hydroxyl groups is 1. The number of H-pyrrole nitrogens is 1. The number of fused-ring (bicyclic) bond motifs is 6. The molecule has 0 unspecified atom stereocenters. The molecular weight excluding hydrogens is 588 g/mol. The van der Waals surface area contributed by atoms with Crippen molar-refractivity contribution in [3.05, 3.63) is 47.7 Å². The molecule has 0 bridgehead atoms. The third-order valence-electron chi connectivity index (χ3n) is 12.2. The van der Waals surface area contributed by atoms with Crippen LogP contribution in [0.4, 0.5) is 0 Å². The zero-order chi connectivity index (χ0) is 32.9. The van der Waals surface area contributed by atoms with Gasteiger partial charge in [-0.2, -0.15) is 0 Å². The van der Waals surface area contributed by atoms with Gasteiger partial charge in [0.2, 0.25) is 11.7 Å². The number of benzene rings is 1. The van der Waals surface area contributed by atoms with E-state index in [9.17, 15) is 34.2 Å². The van der Waals surface area contributed by atoms with Gasteiger partial charge in [-0.05, 0) is 85.8 Å². The molecule has 0 radical (unpaired) electrons. The molecule has 4 aliphatic carbocycles. The largest absolute Gasteiger partial charge is 0.480 e. The van der Waals surface area contributed by atoms with E-state index < -0.39 is 47.3 Å². The van der Waals surface area contributed by atoms with Gasteiger partial charge in [0, 0.05) is 41.8 Å². The first-order valence-electron chi connectivity index (χ1n) is 16.6. The zero-order valence-electron chi connectivity index (χ0n) is 26.6. The number of carboxylic acid groups (broad SMARTS) is 1. The minimum absolute atomic E-state index is 0.00834. The number of hydrogen-bond donors (Lipinski definition) is 4. The predicted octanol–water partition coefficient (Wildman–Crippen LogP) is 4.44. The lowest BCUT2D eigenvalue weighted by atomic mass is 9.46. The molecule has 10 heteroatoms. The Morgan fingerprint density at radius 1 is 1.02 bits per heavy atom. The number of Topliss-reactive ketones (excluding diaryl/α,β-unsaturated/α-hetero) is 1. The number of nitrogens with one attached hydrogen (secondary N) is 2. The summed E-state index contributed by atoms with van der Waals surface area (Å²) in [5.41, 5.74) is 0.646. The maximum atomic E-state index is 13.5. The Morgan fingerprint density at radius 3 is 2.57 bits per heavy atom. The number of para-hydroxylation sites is 1. The van der Waals surface area contributed by atoms with E-state index in [1.165, 1.54) is 5.57 Å². The molecule has 3 saturated carbocycles. The zero-order valence-corrected chi connectivity index (χ0v) is 26.6. The number of aromatic amines is 1. The van der Waals surface area contributed by atoms with Crippen LogP contribution in [-0.4, -0.2) is 62.9 Å². The van der Waals surface area contributed by atoms with Crippen LogP contribution in [0, 0.1) is 28.6 Å². The SMILES string of the molecule is C[C@]12CCC(=O)C=C1CC[C@H]1[C@H]2CC[C@@]2(C)[C@@H]1CC[C@]2(O)C(=O)COC(=O)CCC(=O)N[C@@H](Cc1c[nH]c2ccccc12)C(=O)O. The van der Waals surface area contributed by atoms with Crippen molar-refractivity contribution in [2.45, 2.75) is 96.1 Å². The summed E-state index contributed by atoms with van der Waals surface area (Å²) in [6.45, 7) is 3.74. The molecule has 0 spiro atoms. The summed E-state index contributed by atoms with van der Waals surface area (Å²) in [5, 5.41) is 24.9. The predicted molar refractivity (Wildman–Crippen MR) is 168 cm³/mol. The van der Waals surface area contributed by atoms with Gasteiger partial charge in [0.05, 0.1) is 6.42 Å². The number of amides is 1. The number of hydrogen-bond acceptors (Lipinski definition) is 7. The summed E-state index contributed by atoms with van der Waals surface area (Å²) < 4.78 is 5.26. The number of ketones is 2. The number of esters is 1. The third kappa shape index (κ3) is 5.48. The molecule has 4 aliphatic rings. The second-order valence-electron chi connectivity index (χ2n) is 14.4. The quantitative estimate of drug-likeness (QED) is 0.280. The van der Waals surface area contributed by atoms with Crippen molar-refractivity contribution >= 4 is 40.3 Å². The van der Waals surface area contributed by atoms with Crippen LogP contribution in [-0.2, 0) is 35.1 Å². The van der Waals surface area contributed by atoms with E-state index >= 15 is 0 Å². The van der Waals surface area contributed by atoms with Gasteiger partial charge in [0.25, 0.3) is 0 Å². The number of ether oxygens (including phenoxy) is 1. The minimum Gasteiger partial charge on any atom is -0.480 e. The maximum absolute atomic E-state index is 13.5. The topological polar surface area (TPSA) is 163 Å². The van der Waals surface area contributed by atoms with Crippen LogP contribution < -0.4 is 5.32 Å². The normalized spacial score (nSPS) is 32.5. The summed E-state index contributed by atoms with van der Waals surface area (Å²) >= 11 is 0. The molecule has 1 amide bonds. The molecule has 0 aliphatic heterocycles. The number of carbonyl (C=O) groups is 5. The van der Waals surface area contributed by atoms with Gasteiger partial charge in [0.15, 0.2) is 12.4 Å². The van der Waals surface area contributed by atoms with E-state index in [1.54, 1.807) is 6.20 Å². The lowest BCUT2D eigenvalue weighted by molar-refractivity contribution is -0.170. The molecule has 246 valence electrons. The summed E-state index contributed by atoms with van der Waals surface area (Å²) in [6, 6.07) is 6.29. The van der Waals surface area contributed by atoms with Crippen LogP contribution in [0.3, 0.4) is 0 Å². The van der Waals surface area contributed by atoms with Crippen LogP contribution in [0.2, 0.25) is 0 Å². The van der Waals surface area contributed by atoms with Crippen molar-refractivity contribution < 1.29 is 38.9 Å². The molecule has 1 heterocycles. The molecule has 6 rings (SSSR count). The number of aliphatic carboxylic acids is 1. The van der Waals surface area contributed by atoms with Crippen LogP contribution >= 0.6 is 0 Å². The molecule has 2 aromatic rings. The summed E-state index contributed by atoms with van der Waals surface area (Å²) in [4.78, 5) is 65.7. The molecule has 3 fully saturated rings. The lowest BCUT2D eigenvalue weighted by Crippen LogP contribution is -2.58. The molecule has 46 heavy (non-hydrogen) atoms. The Bertz CT molecular complexity index is 1610. The first kappa shape index (κ1) is 32.2. The lowest BCUT2D eigenvalue weighted by Gasteiger charge is -2.58. The highest BCUT2D eigenvalue weighted by atomic mass is 16.5. The van der Waals surface area contributed by atoms with Crippen LogP contribution in [0.5, 0.6) is 0 Å². The van der Waals surface area contributed by atoms with Crippen LogP contribution in [0.15, 0.2) is 42.1 Å². The standard InChI is InChI=1S/C36H44N2O8/c1-34-14-11-23(39)18-22(34)7-8-25-26(34)12-15-35(2)27(25)13-16-36(35,45)30(40)20-46-32(42)10-9-31(41)38-29(33(43)44)17-21-19-37-28-6-4-3-5-24(21)28/h3-6,18-19,25-27,29,37,45H,7-17,20H2,1-2H3,(H,38,41)(H,43,44)/t25-,26+,27+,29-,34-,35-,36-/m0/s1. The third-order valence-corrected chi connectivity index (χ3v) is 12.2.